The van der Waals surface area contributed by atoms with Gasteiger partial charge in [-0.1, -0.05) is 13.8 Å². The topological polar surface area (TPSA) is 29.1 Å². The molecule has 3 heteroatoms. The van der Waals surface area contributed by atoms with Crippen molar-refractivity contribution in [2.75, 3.05) is 0 Å². The molecule has 0 bridgehead atoms. The van der Waals surface area contributed by atoms with Gasteiger partial charge in [0.15, 0.2) is 0 Å². The molecule has 1 rings (SSSR count). The summed E-state index contributed by atoms with van der Waals surface area (Å²) in [6.07, 6.45) is 5.06. The summed E-state index contributed by atoms with van der Waals surface area (Å²) in [4.78, 5) is 11.6. The van der Waals surface area contributed by atoms with Crippen LogP contribution in [-0.4, -0.2) is 17.3 Å². The lowest BCUT2D eigenvalue weighted by Crippen LogP contribution is -2.40. The van der Waals surface area contributed by atoms with E-state index in [1.54, 1.807) is 0 Å². The number of hydrogen-bond acceptors (Lipinski definition) is 1. The summed E-state index contributed by atoms with van der Waals surface area (Å²) in [6, 6.07) is 0.367. The number of alkyl halides is 1. The van der Waals surface area contributed by atoms with E-state index in [9.17, 15) is 4.79 Å². The standard InChI is InChI=1S/C11H20ClNO/c1-3-8(2)11(14)13-10-6-4-9(12)5-7-10/h8-10H,3-7H2,1-2H3,(H,13,14). The Kier molecular flexibility index (Phi) is 4.73. The number of rotatable bonds is 3. The Morgan fingerprint density at radius 2 is 2.00 bits per heavy atom. The van der Waals surface area contributed by atoms with Gasteiger partial charge in [-0.25, -0.2) is 0 Å². The van der Waals surface area contributed by atoms with Crippen LogP contribution >= 0.6 is 11.6 Å². The van der Waals surface area contributed by atoms with E-state index in [2.05, 4.69) is 5.32 Å². The van der Waals surface area contributed by atoms with Crippen LogP contribution in [0, 0.1) is 5.92 Å². The molecule has 1 amide bonds. The molecular weight excluding hydrogens is 198 g/mol. The summed E-state index contributed by atoms with van der Waals surface area (Å²) in [5, 5.41) is 3.42. The Labute approximate surface area is 91.4 Å². The van der Waals surface area contributed by atoms with E-state index in [1.165, 1.54) is 0 Å². The van der Waals surface area contributed by atoms with E-state index in [0.717, 1.165) is 32.1 Å². The number of hydrogen-bond donors (Lipinski definition) is 1. The first-order chi connectivity index (χ1) is 6.63. The monoisotopic (exact) mass is 217 g/mol. The van der Waals surface area contributed by atoms with Crippen LogP contribution in [0.2, 0.25) is 0 Å². The zero-order chi connectivity index (χ0) is 10.6. The maximum Gasteiger partial charge on any atom is 0.223 e. The Hall–Kier alpha value is -0.240. The van der Waals surface area contributed by atoms with Crippen molar-refractivity contribution in [2.45, 2.75) is 57.4 Å². The molecule has 2 nitrogen and oxygen atoms in total. The van der Waals surface area contributed by atoms with E-state index in [0.29, 0.717) is 11.4 Å². The van der Waals surface area contributed by atoms with Crippen molar-refractivity contribution in [2.24, 2.45) is 5.92 Å². The molecule has 1 N–H and O–H groups in total. The van der Waals surface area contributed by atoms with Crippen LogP contribution in [0.4, 0.5) is 0 Å². The average Bonchev–Trinajstić information content (AvgIpc) is 2.20. The lowest BCUT2D eigenvalue weighted by molar-refractivity contribution is -0.125. The minimum atomic E-state index is 0.142. The molecule has 0 heterocycles. The fraction of sp³-hybridized carbons (Fsp3) is 0.909. The van der Waals surface area contributed by atoms with Crippen LogP contribution in [-0.2, 0) is 4.79 Å². The number of carbonyl (C=O) groups is 1. The maximum atomic E-state index is 11.6. The summed E-state index contributed by atoms with van der Waals surface area (Å²) in [6.45, 7) is 4.02. The van der Waals surface area contributed by atoms with Gasteiger partial charge in [-0.3, -0.25) is 4.79 Å². The van der Waals surface area contributed by atoms with Gasteiger partial charge >= 0.3 is 0 Å². The van der Waals surface area contributed by atoms with Gasteiger partial charge < -0.3 is 5.32 Å². The molecule has 1 unspecified atom stereocenters. The highest BCUT2D eigenvalue weighted by Gasteiger charge is 2.22. The molecule has 82 valence electrons. The summed E-state index contributed by atoms with van der Waals surface area (Å²) in [7, 11) is 0. The van der Waals surface area contributed by atoms with E-state index < -0.39 is 0 Å². The molecule has 1 aliphatic rings. The van der Waals surface area contributed by atoms with Crippen molar-refractivity contribution in [3.8, 4) is 0 Å². The Bertz CT molecular complexity index is 188. The smallest absolute Gasteiger partial charge is 0.223 e. The third-order valence-corrected chi connectivity index (χ3v) is 3.50. The second kappa shape index (κ2) is 5.59. The molecule has 1 fully saturated rings. The molecule has 0 aromatic carbocycles. The van der Waals surface area contributed by atoms with Crippen molar-refractivity contribution >= 4 is 17.5 Å². The molecule has 14 heavy (non-hydrogen) atoms. The third kappa shape index (κ3) is 3.49. The first kappa shape index (κ1) is 11.8. The first-order valence-electron chi connectivity index (χ1n) is 5.58. The molecule has 1 atom stereocenters. The van der Waals surface area contributed by atoms with E-state index >= 15 is 0 Å². The minimum absolute atomic E-state index is 0.142. The van der Waals surface area contributed by atoms with Gasteiger partial charge in [-0.15, -0.1) is 11.6 Å². The summed E-state index contributed by atoms with van der Waals surface area (Å²) in [5.41, 5.74) is 0. The molecule has 1 aliphatic carbocycles. The van der Waals surface area contributed by atoms with Crippen molar-refractivity contribution in [1.82, 2.24) is 5.32 Å². The predicted octanol–water partition coefficient (Wildman–Crippen LogP) is 2.70. The van der Waals surface area contributed by atoms with Gasteiger partial charge in [0.1, 0.15) is 0 Å². The third-order valence-electron chi connectivity index (χ3n) is 3.06. The zero-order valence-electron chi connectivity index (χ0n) is 9.05. The number of amides is 1. The van der Waals surface area contributed by atoms with Crippen molar-refractivity contribution in [1.29, 1.82) is 0 Å². The molecule has 0 radical (unpaired) electrons. The Morgan fingerprint density at radius 3 is 2.50 bits per heavy atom. The average molecular weight is 218 g/mol. The van der Waals surface area contributed by atoms with Crippen molar-refractivity contribution in [3.05, 3.63) is 0 Å². The second-order valence-electron chi connectivity index (χ2n) is 4.27. The normalized spacial score (nSPS) is 29.6. The van der Waals surface area contributed by atoms with Crippen LogP contribution in [0.15, 0.2) is 0 Å². The number of halogens is 1. The van der Waals surface area contributed by atoms with Crippen molar-refractivity contribution < 1.29 is 4.79 Å². The summed E-state index contributed by atoms with van der Waals surface area (Å²) < 4.78 is 0. The van der Waals surface area contributed by atoms with E-state index in [4.69, 9.17) is 11.6 Å². The Balaban J connectivity index is 2.27. The van der Waals surface area contributed by atoms with Crippen LogP contribution < -0.4 is 5.32 Å². The van der Waals surface area contributed by atoms with E-state index in [-0.39, 0.29) is 11.8 Å². The quantitative estimate of drug-likeness (QED) is 0.724. The van der Waals surface area contributed by atoms with Gasteiger partial charge in [0.2, 0.25) is 5.91 Å². The van der Waals surface area contributed by atoms with E-state index in [1.807, 2.05) is 13.8 Å². The predicted molar refractivity (Wildman–Crippen MR) is 59.5 cm³/mol. The highest BCUT2D eigenvalue weighted by atomic mass is 35.5. The second-order valence-corrected chi connectivity index (χ2v) is 4.88. The lowest BCUT2D eigenvalue weighted by atomic mass is 9.94. The molecular formula is C11H20ClNO. The highest BCUT2D eigenvalue weighted by molar-refractivity contribution is 6.20. The van der Waals surface area contributed by atoms with Crippen LogP contribution in [0.3, 0.4) is 0 Å². The molecule has 0 saturated heterocycles. The zero-order valence-corrected chi connectivity index (χ0v) is 9.81. The van der Waals surface area contributed by atoms with Gasteiger partial charge in [0, 0.05) is 17.3 Å². The minimum Gasteiger partial charge on any atom is -0.353 e. The van der Waals surface area contributed by atoms with Gasteiger partial charge in [-0.2, -0.15) is 0 Å². The maximum absolute atomic E-state index is 11.6. The summed E-state index contributed by atoms with van der Waals surface area (Å²) in [5.74, 6) is 0.342. The first-order valence-corrected chi connectivity index (χ1v) is 6.01. The van der Waals surface area contributed by atoms with Gasteiger partial charge in [-0.05, 0) is 32.1 Å². The highest BCUT2D eigenvalue weighted by Crippen LogP contribution is 2.23. The molecule has 0 aromatic heterocycles. The fourth-order valence-electron chi connectivity index (χ4n) is 1.73. The molecule has 0 spiro atoms. The molecule has 0 aromatic rings. The summed E-state index contributed by atoms with van der Waals surface area (Å²) >= 11 is 6.00. The van der Waals surface area contributed by atoms with Crippen LogP contribution in [0.1, 0.15) is 46.0 Å². The van der Waals surface area contributed by atoms with Gasteiger partial charge in [0.25, 0.3) is 0 Å². The van der Waals surface area contributed by atoms with Crippen molar-refractivity contribution in [3.63, 3.8) is 0 Å². The molecule has 1 saturated carbocycles. The van der Waals surface area contributed by atoms with Gasteiger partial charge in [0.05, 0.1) is 0 Å². The fourth-order valence-corrected chi connectivity index (χ4v) is 1.98. The number of nitrogens with one attached hydrogen (secondary N) is 1. The van der Waals surface area contributed by atoms with Crippen LogP contribution in [0.25, 0.3) is 0 Å². The van der Waals surface area contributed by atoms with Crippen LogP contribution in [0.5, 0.6) is 0 Å². The molecule has 0 aliphatic heterocycles. The lowest BCUT2D eigenvalue weighted by Gasteiger charge is -2.26. The Morgan fingerprint density at radius 1 is 1.43 bits per heavy atom. The number of carbonyl (C=O) groups excluding carboxylic acids is 1. The largest absolute Gasteiger partial charge is 0.353 e. The SMILES string of the molecule is CCC(C)C(=O)NC1CCC(Cl)CC1.